The highest BCUT2D eigenvalue weighted by atomic mass is 16.1. The normalized spacial score (nSPS) is 11.9. The number of allylic oxidation sites excluding steroid dienone is 1. The molecule has 0 aromatic rings. The predicted octanol–water partition coefficient (Wildman–Crippen LogP) is 1.63. The van der Waals surface area contributed by atoms with Gasteiger partial charge >= 0.3 is 0 Å². The van der Waals surface area contributed by atoms with E-state index in [1.54, 1.807) is 6.08 Å². The third-order valence-electron chi connectivity index (χ3n) is 1.10. The molecule has 2 heteroatoms. The fourth-order valence-corrected chi connectivity index (χ4v) is 0.433. The van der Waals surface area contributed by atoms with Gasteiger partial charge in [-0.1, -0.05) is 39.5 Å². The quantitative estimate of drug-likeness (QED) is 0.475. The average Bonchev–Trinajstić information content (AvgIpc) is 1.80. The molecule has 0 heterocycles. The molecule has 0 aromatic carbocycles. The number of hydrogen-bond acceptors (Lipinski definition) is 1. The first kappa shape index (κ1) is 9.95. The van der Waals surface area contributed by atoms with Crippen molar-refractivity contribution in [3.05, 3.63) is 24.3 Å². The first-order chi connectivity index (χ1) is 4.83. The van der Waals surface area contributed by atoms with Gasteiger partial charge in [-0.15, -0.1) is 0 Å². The van der Waals surface area contributed by atoms with Crippen LogP contribution in [-0.2, 0) is 4.79 Å². The van der Waals surface area contributed by atoms with Gasteiger partial charge in [-0.3, -0.25) is 4.79 Å². The van der Waals surface area contributed by atoms with E-state index in [4.69, 9.17) is 5.73 Å². The maximum absolute atomic E-state index is 10.5. The molecule has 0 aliphatic carbocycles. The van der Waals surface area contributed by atoms with Crippen LogP contribution < -0.4 is 5.73 Å². The van der Waals surface area contributed by atoms with Crippen molar-refractivity contribution in [2.45, 2.75) is 20.8 Å². The number of nitrogens with two attached hydrogens (primary N) is 1. The van der Waals surface area contributed by atoms with Crippen molar-refractivity contribution in [3.8, 4) is 0 Å². The van der Waals surface area contributed by atoms with Gasteiger partial charge in [0.05, 0.1) is 0 Å². The molecule has 0 fully saturated rings. The number of carbonyl (C=O) groups is 1. The van der Waals surface area contributed by atoms with E-state index in [2.05, 4.69) is 6.58 Å². The summed E-state index contributed by atoms with van der Waals surface area (Å²) in [6, 6.07) is 0. The van der Waals surface area contributed by atoms with Gasteiger partial charge < -0.3 is 5.73 Å². The van der Waals surface area contributed by atoms with Crippen LogP contribution in [0.15, 0.2) is 24.3 Å². The molecule has 11 heavy (non-hydrogen) atoms. The van der Waals surface area contributed by atoms with Crippen LogP contribution in [0.25, 0.3) is 0 Å². The van der Waals surface area contributed by atoms with E-state index < -0.39 is 5.91 Å². The molecule has 0 atom stereocenters. The second-order valence-electron chi connectivity index (χ2n) is 3.59. The molecule has 0 bridgehead atoms. The minimum atomic E-state index is -0.467. The van der Waals surface area contributed by atoms with E-state index >= 15 is 0 Å². The highest BCUT2D eigenvalue weighted by Gasteiger charge is 2.04. The van der Waals surface area contributed by atoms with Crippen molar-refractivity contribution in [3.63, 3.8) is 0 Å². The second-order valence-corrected chi connectivity index (χ2v) is 3.59. The predicted molar refractivity (Wildman–Crippen MR) is 46.9 cm³/mol. The summed E-state index contributed by atoms with van der Waals surface area (Å²) in [5, 5.41) is 0. The topological polar surface area (TPSA) is 43.1 Å². The Kier molecular flexibility index (Phi) is 3.05. The number of amides is 1. The molecule has 0 saturated heterocycles. The van der Waals surface area contributed by atoms with E-state index in [1.165, 1.54) is 0 Å². The summed E-state index contributed by atoms with van der Waals surface area (Å²) in [5.74, 6) is -0.467. The molecular weight excluding hydrogens is 138 g/mol. The van der Waals surface area contributed by atoms with Gasteiger partial charge in [-0.25, -0.2) is 0 Å². The van der Waals surface area contributed by atoms with Gasteiger partial charge in [0.1, 0.15) is 0 Å². The Morgan fingerprint density at radius 2 is 1.91 bits per heavy atom. The van der Waals surface area contributed by atoms with Gasteiger partial charge in [0.15, 0.2) is 0 Å². The van der Waals surface area contributed by atoms with Crippen LogP contribution in [0.1, 0.15) is 20.8 Å². The Bertz CT molecular complexity index is 196. The van der Waals surface area contributed by atoms with E-state index in [0.29, 0.717) is 5.57 Å². The Morgan fingerprint density at radius 1 is 1.45 bits per heavy atom. The Balaban J connectivity index is 4.16. The number of carbonyl (C=O) groups excluding carboxylic acids is 1. The lowest BCUT2D eigenvalue weighted by atomic mass is 9.95. The van der Waals surface area contributed by atoms with Crippen molar-refractivity contribution >= 4 is 5.91 Å². The molecule has 0 radical (unpaired) electrons. The third-order valence-corrected chi connectivity index (χ3v) is 1.10. The number of primary amides is 1. The zero-order chi connectivity index (χ0) is 9.07. The summed E-state index contributed by atoms with van der Waals surface area (Å²) in [5.41, 5.74) is 5.39. The van der Waals surface area contributed by atoms with Crippen molar-refractivity contribution in [1.82, 2.24) is 0 Å². The molecule has 0 spiro atoms. The molecule has 1 amide bonds. The molecule has 0 unspecified atom stereocenters. The van der Waals surface area contributed by atoms with Gasteiger partial charge in [0.2, 0.25) is 5.91 Å². The molecular formula is C9H15NO. The van der Waals surface area contributed by atoms with E-state index in [1.807, 2.05) is 26.8 Å². The maximum atomic E-state index is 10.5. The lowest BCUT2D eigenvalue weighted by Crippen LogP contribution is -2.12. The van der Waals surface area contributed by atoms with Gasteiger partial charge in [-0.2, -0.15) is 0 Å². The summed E-state index contributed by atoms with van der Waals surface area (Å²) >= 11 is 0. The number of rotatable bonds is 2. The zero-order valence-electron chi connectivity index (χ0n) is 7.35. The molecule has 0 rings (SSSR count). The highest BCUT2D eigenvalue weighted by molar-refractivity contribution is 5.94. The van der Waals surface area contributed by atoms with Gasteiger partial charge in [-0.05, 0) is 5.41 Å². The first-order valence-electron chi connectivity index (χ1n) is 3.51. The Morgan fingerprint density at radius 3 is 2.18 bits per heavy atom. The van der Waals surface area contributed by atoms with Crippen LogP contribution in [0.3, 0.4) is 0 Å². The van der Waals surface area contributed by atoms with Crippen molar-refractivity contribution in [1.29, 1.82) is 0 Å². The minimum Gasteiger partial charge on any atom is -0.366 e. The van der Waals surface area contributed by atoms with Crippen LogP contribution in [0.4, 0.5) is 0 Å². The van der Waals surface area contributed by atoms with Crippen LogP contribution in [0.5, 0.6) is 0 Å². The SMILES string of the molecule is C=C(C=CC(C)(C)C)C(N)=O. The van der Waals surface area contributed by atoms with E-state index in [0.717, 1.165) is 0 Å². The molecule has 62 valence electrons. The monoisotopic (exact) mass is 153 g/mol. The molecule has 2 N–H and O–H groups in total. The molecule has 0 aliphatic rings. The summed E-state index contributed by atoms with van der Waals surface area (Å²) in [6.45, 7) is 9.61. The zero-order valence-corrected chi connectivity index (χ0v) is 7.35. The lowest BCUT2D eigenvalue weighted by molar-refractivity contribution is -0.114. The van der Waals surface area contributed by atoms with Crippen LogP contribution in [0, 0.1) is 5.41 Å². The van der Waals surface area contributed by atoms with Crippen molar-refractivity contribution < 1.29 is 4.79 Å². The highest BCUT2D eigenvalue weighted by Crippen LogP contribution is 2.15. The largest absolute Gasteiger partial charge is 0.366 e. The fraction of sp³-hybridized carbons (Fsp3) is 0.444. The lowest BCUT2D eigenvalue weighted by Gasteiger charge is -2.10. The van der Waals surface area contributed by atoms with Crippen LogP contribution >= 0.6 is 0 Å². The molecule has 0 aliphatic heterocycles. The summed E-state index contributed by atoms with van der Waals surface area (Å²) in [6.07, 6.45) is 3.56. The van der Waals surface area contributed by atoms with Crippen molar-refractivity contribution in [2.24, 2.45) is 11.1 Å². The molecule has 2 nitrogen and oxygen atoms in total. The summed E-state index contributed by atoms with van der Waals surface area (Å²) in [7, 11) is 0. The van der Waals surface area contributed by atoms with Crippen molar-refractivity contribution in [2.75, 3.05) is 0 Å². The van der Waals surface area contributed by atoms with Gasteiger partial charge in [0.25, 0.3) is 0 Å². The van der Waals surface area contributed by atoms with Gasteiger partial charge in [0, 0.05) is 5.57 Å². The molecule has 0 saturated carbocycles. The number of hydrogen-bond donors (Lipinski definition) is 1. The first-order valence-corrected chi connectivity index (χ1v) is 3.51. The van der Waals surface area contributed by atoms with Crippen LogP contribution in [0.2, 0.25) is 0 Å². The third kappa shape index (κ3) is 5.40. The average molecular weight is 153 g/mol. The van der Waals surface area contributed by atoms with E-state index in [-0.39, 0.29) is 5.41 Å². The standard InChI is InChI=1S/C9H15NO/c1-7(8(10)11)5-6-9(2,3)4/h5-6H,1H2,2-4H3,(H2,10,11). The smallest absolute Gasteiger partial charge is 0.248 e. The second kappa shape index (κ2) is 3.37. The Hall–Kier alpha value is -1.05. The van der Waals surface area contributed by atoms with E-state index in [9.17, 15) is 4.79 Å². The van der Waals surface area contributed by atoms with Crippen LogP contribution in [-0.4, -0.2) is 5.91 Å². The summed E-state index contributed by atoms with van der Waals surface area (Å²) < 4.78 is 0. The fourth-order valence-electron chi connectivity index (χ4n) is 0.433. The summed E-state index contributed by atoms with van der Waals surface area (Å²) in [4.78, 5) is 10.5. The maximum Gasteiger partial charge on any atom is 0.248 e. The minimum absolute atomic E-state index is 0.0678. The Labute approximate surface area is 67.8 Å². The molecule has 0 aromatic heterocycles.